The van der Waals surface area contributed by atoms with E-state index in [1.807, 2.05) is 18.2 Å². The highest BCUT2D eigenvalue weighted by Crippen LogP contribution is 2.36. The lowest BCUT2D eigenvalue weighted by Crippen LogP contribution is -2.13. The van der Waals surface area contributed by atoms with E-state index in [4.69, 9.17) is 16.0 Å². The van der Waals surface area contributed by atoms with E-state index in [-0.39, 0.29) is 21.7 Å². The van der Waals surface area contributed by atoms with Gasteiger partial charge in [-0.3, -0.25) is 0 Å². The third kappa shape index (κ3) is 3.44. The van der Waals surface area contributed by atoms with E-state index in [1.165, 1.54) is 24.3 Å². The van der Waals surface area contributed by atoms with E-state index in [0.717, 1.165) is 4.47 Å². The van der Waals surface area contributed by atoms with Crippen LogP contribution >= 0.6 is 27.5 Å². The molecule has 0 aliphatic heterocycles. The zero-order valence-corrected chi connectivity index (χ0v) is 16.6. The molecule has 0 radical (unpaired) electrons. The molecule has 25 heavy (non-hydrogen) atoms. The van der Waals surface area contributed by atoms with Gasteiger partial charge in [0, 0.05) is 23.6 Å². The highest BCUT2D eigenvalue weighted by atomic mass is 79.9. The zero-order valence-electron chi connectivity index (χ0n) is 13.4. The van der Waals surface area contributed by atoms with Gasteiger partial charge in [0.2, 0.25) is 26.6 Å². The van der Waals surface area contributed by atoms with Gasteiger partial charge in [0.15, 0.2) is 0 Å². The van der Waals surface area contributed by atoms with Crippen LogP contribution in [0.3, 0.4) is 0 Å². The predicted molar refractivity (Wildman–Crippen MR) is 101 cm³/mol. The SMILES string of the molecule is CN(C)c1oc(-c2ccccc2Br)nc1S(=O)(=O)c1ccc(Cl)cc1. The van der Waals surface area contributed by atoms with Gasteiger partial charge in [0.25, 0.3) is 0 Å². The topological polar surface area (TPSA) is 63.4 Å². The van der Waals surface area contributed by atoms with E-state index in [1.54, 1.807) is 25.1 Å². The lowest BCUT2D eigenvalue weighted by molar-refractivity contribution is 0.564. The normalized spacial score (nSPS) is 11.5. The number of oxazole rings is 1. The van der Waals surface area contributed by atoms with Gasteiger partial charge in [0.05, 0.1) is 10.5 Å². The van der Waals surface area contributed by atoms with Crippen LogP contribution in [0.4, 0.5) is 5.88 Å². The second-order valence-corrected chi connectivity index (χ2v) is 8.62. The Bertz CT molecular complexity index is 1010. The van der Waals surface area contributed by atoms with Crippen LogP contribution in [0.25, 0.3) is 11.5 Å². The molecule has 0 aliphatic carbocycles. The first-order chi connectivity index (χ1) is 11.8. The van der Waals surface area contributed by atoms with Crippen LogP contribution in [-0.4, -0.2) is 27.5 Å². The van der Waals surface area contributed by atoms with E-state index in [9.17, 15) is 8.42 Å². The largest absolute Gasteiger partial charge is 0.419 e. The number of aromatic nitrogens is 1. The van der Waals surface area contributed by atoms with Crippen LogP contribution in [0.15, 0.2) is 67.3 Å². The van der Waals surface area contributed by atoms with Crippen LogP contribution < -0.4 is 4.90 Å². The summed E-state index contributed by atoms with van der Waals surface area (Å²) in [4.78, 5) is 5.96. The Balaban J connectivity index is 2.19. The molecule has 0 fully saturated rings. The summed E-state index contributed by atoms with van der Waals surface area (Å²) in [5.74, 6) is 0.393. The Hall–Kier alpha value is -1.83. The Labute approximate surface area is 159 Å². The van der Waals surface area contributed by atoms with Crippen molar-refractivity contribution in [3.8, 4) is 11.5 Å². The van der Waals surface area contributed by atoms with Crippen LogP contribution in [0.1, 0.15) is 0 Å². The fraction of sp³-hybridized carbons (Fsp3) is 0.118. The predicted octanol–water partition coefficient (Wildman–Crippen LogP) is 4.66. The third-order valence-corrected chi connectivity index (χ3v) is 6.08. The molecule has 0 amide bonds. The smallest absolute Gasteiger partial charge is 0.235 e. The Kier molecular flexibility index (Phi) is 4.90. The van der Waals surface area contributed by atoms with Crippen molar-refractivity contribution < 1.29 is 12.8 Å². The Morgan fingerprint density at radius 2 is 1.72 bits per heavy atom. The van der Waals surface area contributed by atoms with Gasteiger partial charge >= 0.3 is 0 Å². The van der Waals surface area contributed by atoms with Gasteiger partial charge in [-0.25, -0.2) is 8.42 Å². The molecule has 1 aromatic heterocycles. The van der Waals surface area contributed by atoms with Gasteiger partial charge in [-0.1, -0.05) is 23.7 Å². The summed E-state index contributed by atoms with van der Waals surface area (Å²) >= 11 is 9.28. The van der Waals surface area contributed by atoms with Crippen LogP contribution in [-0.2, 0) is 9.84 Å². The number of rotatable bonds is 4. The van der Waals surface area contributed by atoms with Crippen LogP contribution in [0, 0.1) is 0 Å². The quantitative estimate of drug-likeness (QED) is 0.589. The summed E-state index contributed by atoms with van der Waals surface area (Å²) < 4.78 is 32.5. The van der Waals surface area contributed by atoms with Crippen molar-refractivity contribution in [2.45, 2.75) is 9.92 Å². The molecule has 0 spiro atoms. The Morgan fingerprint density at radius 1 is 1.08 bits per heavy atom. The van der Waals surface area contributed by atoms with Gasteiger partial charge in [0.1, 0.15) is 0 Å². The van der Waals surface area contributed by atoms with Crippen molar-refractivity contribution in [2.24, 2.45) is 0 Å². The number of hydrogen-bond donors (Lipinski definition) is 0. The molecule has 1 heterocycles. The average Bonchev–Trinajstić information content (AvgIpc) is 3.02. The monoisotopic (exact) mass is 440 g/mol. The molecule has 8 heteroatoms. The number of hydrogen-bond acceptors (Lipinski definition) is 5. The van der Waals surface area contributed by atoms with Gasteiger partial charge in [-0.15, -0.1) is 0 Å². The summed E-state index contributed by atoms with van der Waals surface area (Å²) in [5.41, 5.74) is 0.670. The summed E-state index contributed by atoms with van der Waals surface area (Å²) in [6.45, 7) is 0. The number of nitrogens with zero attached hydrogens (tertiary/aromatic N) is 2. The molecule has 5 nitrogen and oxygen atoms in total. The maximum absolute atomic E-state index is 13.0. The van der Waals surface area contributed by atoms with Crippen molar-refractivity contribution in [3.05, 3.63) is 58.0 Å². The molecule has 0 aliphatic rings. The van der Waals surface area contributed by atoms with Gasteiger partial charge in [-0.05, 0) is 52.3 Å². The molecule has 3 rings (SSSR count). The molecule has 2 aromatic carbocycles. The van der Waals surface area contributed by atoms with Crippen molar-refractivity contribution in [1.82, 2.24) is 4.98 Å². The zero-order chi connectivity index (χ0) is 18.2. The van der Waals surface area contributed by atoms with Crippen molar-refractivity contribution in [3.63, 3.8) is 0 Å². The first kappa shape index (κ1) is 18.0. The van der Waals surface area contributed by atoms with Crippen molar-refractivity contribution >= 4 is 43.3 Å². The minimum Gasteiger partial charge on any atom is -0.419 e. The summed E-state index contributed by atoms with van der Waals surface area (Å²) in [5, 5.41) is 0.325. The summed E-state index contributed by atoms with van der Waals surface area (Å²) in [7, 11) is -0.453. The number of anilines is 1. The molecule has 0 saturated carbocycles. The molecule has 0 bridgehead atoms. The van der Waals surface area contributed by atoms with Gasteiger partial charge in [-0.2, -0.15) is 4.98 Å². The second kappa shape index (κ2) is 6.82. The van der Waals surface area contributed by atoms with E-state index >= 15 is 0 Å². The summed E-state index contributed by atoms with van der Waals surface area (Å²) in [6, 6.07) is 13.3. The Morgan fingerprint density at radius 3 is 2.32 bits per heavy atom. The molecule has 0 atom stereocenters. The summed E-state index contributed by atoms with van der Waals surface area (Å²) in [6.07, 6.45) is 0. The number of sulfone groups is 1. The standard InChI is InChI=1S/C17H14BrClN2O3S/c1-21(2)17-16(25(22,23)12-9-7-11(19)8-10-12)20-15(24-17)13-5-3-4-6-14(13)18/h3-10H,1-2H3. The maximum Gasteiger partial charge on any atom is 0.235 e. The lowest BCUT2D eigenvalue weighted by atomic mass is 10.2. The van der Waals surface area contributed by atoms with E-state index in [2.05, 4.69) is 20.9 Å². The minimum absolute atomic E-state index is 0.104. The van der Waals surface area contributed by atoms with Crippen LogP contribution in [0.2, 0.25) is 5.02 Å². The molecule has 0 saturated heterocycles. The first-order valence-corrected chi connectivity index (χ1v) is 9.90. The van der Waals surface area contributed by atoms with Crippen LogP contribution in [0.5, 0.6) is 0 Å². The molecule has 3 aromatic rings. The highest BCUT2D eigenvalue weighted by Gasteiger charge is 2.29. The number of halogens is 2. The molecular formula is C17H14BrClN2O3S. The van der Waals surface area contributed by atoms with E-state index in [0.29, 0.717) is 10.6 Å². The molecule has 130 valence electrons. The minimum atomic E-state index is -3.85. The maximum atomic E-state index is 13.0. The third-order valence-electron chi connectivity index (χ3n) is 3.47. The highest BCUT2D eigenvalue weighted by molar-refractivity contribution is 9.10. The van der Waals surface area contributed by atoms with Crippen molar-refractivity contribution in [1.29, 1.82) is 0 Å². The van der Waals surface area contributed by atoms with E-state index < -0.39 is 9.84 Å². The fourth-order valence-electron chi connectivity index (χ4n) is 2.23. The number of benzene rings is 2. The molecule has 0 N–H and O–H groups in total. The fourth-order valence-corrected chi connectivity index (χ4v) is 4.19. The van der Waals surface area contributed by atoms with Crippen molar-refractivity contribution in [2.75, 3.05) is 19.0 Å². The molecule has 0 unspecified atom stereocenters. The molecular weight excluding hydrogens is 428 g/mol. The average molecular weight is 442 g/mol. The second-order valence-electron chi connectivity index (χ2n) is 5.46. The lowest BCUT2D eigenvalue weighted by Gasteiger charge is -2.10. The first-order valence-electron chi connectivity index (χ1n) is 7.24. The van der Waals surface area contributed by atoms with Gasteiger partial charge < -0.3 is 9.32 Å².